The first-order valence-corrected chi connectivity index (χ1v) is 10.2. The molecule has 0 bridgehead atoms. The number of imidazole rings is 1. The topological polar surface area (TPSA) is 60.3 Å². The van der Waals surface area contributed by atoms with Crippen LogP contribution < -0.4 is 4.90 Å². The van der Waals surface area contributed by atoms with Crippen LogP contribution in [0.4, 0.5) is 18.9 Å². The summed E-state index contributed by atoms with van der Waals surface area (Å²) in [6.45, 7) is 1.72. The van der Waals surface area contributed by atoms with Crippen molar-refractivity contribution in [3.63, 3.8) is 0 Å². The number of carbonyl (C=O) groups excluding carboxylic acids is 1. The average molecular weight is 430 g/mol. The summed E-state index contributed by atoms with van der Waals surface area (Å²) in [5.74, 6) is -0.170. The minimum atomic E-state index is -4.46. The smallest absolute Gasteiger partial charge is 0.418 e. The second-order valence-corrected chi connectivity index (χ2v) is 8.29. The van der Waals surface area contributed by atoms with Crippen LogP contribution in [0.5, 0.6) is 0 Å². The third-order valence-electron chi connectivity index (χ3n) is 6.41. The van der Waals surface area contributed by atoms with Crippen molar-refractivity contribution in [2.45, 2.75) is 38.1 Å². The number of pyridine rings is 1. The monoisotopic (exact) mass is 430 g/mol. The molecule has 2 saturated heterocycles. The number of carbonyl (C=O) groups is 1. The van der Waals surface area contributed by atoms with Gasteiger partial charge in [0, 0.05) is 49.2 Å². The zero-order valence-corrected chi connectivity index (χ0v) is 16.7. The molecule has 2 aliphatic rings. The number of ether oxygens (including phenoxy) is 1. The Morgan fingerprint density at radius 1 is 1.16 bits per heavy atom. The Bertz CT molecular complexity index is 1110. The standard InChI is InChI=1S/C22H21F3N4O2/c23-22(24,25)17-3-1-2-16-18(4-7-27-19(16)17)29-9-5-21(6-10-29)12-15(31-20(21)30)13-28-11-8-26-14-28/h1-4,7-8,11,14-15H,5-6,9-10,12-13H2. The summed E-state index contributed by atoms with van der Waals surface area (Å²) in [7, 11) is 0. The van der Waals surface area contributed by atoms with Gasteiger partial charge in [-0.2, -0.15) is 13.2 Å². The Balaban J connectivity index is 1.35. The van der Waals surface area contributed by atoms with Gasteiger partial charge >= 0.3 is 12.1 Å². The molecule has 0 aliphatic carbocycles. The molecule has 1 aromatic carbocycles. The Kier molecular flexibility index (Phi) is 4.64. The number of rotatable bonds is 3. The van der Waals surface area contributed by atoms with Gasteiger partial charge in [-0.25, -0.2) is 4.98 Å². The lowest BCUT2D eigenvalue weighted by atomic mass is 9.76. The van der Waals surface area contributed by atoms with Crippen molar-refractivity contribution >= 4 is 22.6 Å². The molecule has 31 heavy (non-hydrogen) atoms. The van der Waals surface area contributed by atoms with Crippen molar-refractivity contribution in [2.75, 3.05) is 18.0 Å². The first-order valence-electron chi connectivity index (χ1n) is 10.2. The Morgan fingerprint density at radius 3 is 2.68 bits per heavy atom. The lowest BCUT2D eigenvalue weighted by Gasteiger charge is -2.38. The van der Waals surface area contributed by atoms with E-state index in [0.29, 0.717) is 50.0 Å². The number of nitrogens with zero attached hydrogens (tertiary/aromatic N) is 4. The van der Waals surface area contributed by atoms with Crippen LogP contribution in [0.1, 0.15) is 24.8 Å². The van der Waals surface area contributed by atoms with Crippen LogP contribution in [-0.2, 0) is 22.3 Å². The molecule has 0 amide bonds. The predicted molar refractivity (Wildman–Crippen MR) is 107 cm³/mol. The van der Waals surface area contributed by atoms with E-state index in [1.807, 2.05) is 15.7 Å². The van der Waals surface area contributed by atoms with Crippen LogP contribution >= 0.6 is 0 Å². The second kappa shape index (κ2) is 7.25. The minimum Gasteiger partial charge on any atom is -0.460 e. The molecule has 5 rings (SSSR count). The quantitative estimate of drug-likeness (QED) is 0.587. The third kappa shape index (κ3) is 3.51. The minimum absolute atomic E-state index is 0.0477. The van der Waals surface area contributed by atoms with Gasteiger partial charge in [0.25, 0.3) is 0 Å². The lowest BCUT2D eigenvalue weighted by molar-refractivity contribution is -0.150. The molecule has 0 radical (unpaired) electrons. The van der Waals surface area contributed by atoms with E-state index in [1.165, 1.54) is 12.3 Å². The molecule has 4 heterocycles. The van der Waals surface area contributed by atoms with Gasteiger partial charge in [0.15, 0.2) is 0 Å². The molecule has 0 saturated carbocycles. The molecule has 6 nitrogen and oxygen atoms in total. The van der Waals surface area contributed by atoms with E-state index in [2.05, 4.69) is 9.97 Å². The van der Waals surface area contributed by atoms with E-state index in [9.17, 15) is 18.0 Å². The Morgan fingerprint density at radius 2 is 1.97 bits per heavy atom. The zero-order chi connectivity index (χ0) is 21.6. The van der Waals surface area contributed by atoms with Crippen molar-refractivity contribution in [3.8, 4) is 0 Å². The van der Waals surface area contributed by atoms with Gasteiger partial charge in [0.2, 0.25) is 0 Å². The largest absolute Gasteiger partial charge is 0.460 e. The molecule has 0 N–H and O–H groups in total. The molecule has 2 aliphatic heterocycles. The normalized spacial score (nSPS) is 21.1. The summed E-state index contributed by atoms with van der Waals surface area (Å²) >= 11 is 0. The van der Waals surface area contributed by atoms with Gasteiger partial charge in [0.05, 0.1) is 29.4 Å². The molecular formula is C22H21F3N4O2. The summed E-state index contributed by atoms with van der Waals surface area (Å²) in [5.41, 5.74) is -0.593. The SMILES string of the molecule is O=C1OC(Cn2ccnc2)CC12CCN(c1ccnc3c(C(F)(F)F)cccc13)CC2. The number of aromatic nitrogens is 3. The van der Waals surface area contributed by atoms with Crippen molar-refractivity contribution < 1.29 is 22.7 Å². The Hall–Kier alpha value is -3.10. The number of cyclic esters (lactones) is 1. The number of benzene rings is 1. The van der Waals surface area contributed by atoms with Crippen LogP contribution in [0.25, 0.3) is 10.9 Å². The van der Waals surface area contributed by atoms with Crippen LogP contribution in [0, 0.1) is 5.41 Å². The third-order valence-corrected chi connectivity index (χ3v) is 6.41. The summed E-state index contributed by atoms with van der Waals surface area (Å²) in [4.78, 5) is 22.8. The van der Waals surface area contributed by atoms with E-state index in [1.54, 1.807) is 24.7 Å². The molecule has 1 atom stereocenters. The van der Waals surface area contributed by atoms with E-state index < -0.39 is 17.2 Å². The highest BCUT2D eigenvalue weighted by atomic mass is 19.4. The van der Waals surface area contributed by atoms with Gasteiger partial charge < -0.3 is 14.2 Å². The number of halogens is 3. The number of hydrogen-bond donors (Lipinski definition) is 0. The lowest BCUT2D eigenvalue weighted by Crippen LogP contribution is -2.42. The molecule has 3 aromatic rings. The number of alkyl halides is 3. The summed E-state index contributed by atoms with van der Waals surface area (Å²) < 4.78 is 47.7. The van der Waals surface area contributed by atoms with Crippen molar-refractivity contribution in [2.24, 2.45) is 5.41 Å². The fourth-order valence-corrected chi connectivity index (χ4v) is 4.82. The Labute approximate surface area is 176 Å². The van der Waals surface area contributed by atoms with Crippen LogP contribution in [-0.4, -0.2) is 39.7 Å². The summed E-state index contributed by atoms with van der Waals surface area (Å²) in [6, 6.07) is 5.88. The number of esters is 1. The second-order valence-electron chi connectivity index (χ2n) is 8.29. The average Bonchev–Trinajstić information content (AvgIpc) is 3.35. The van der Waals surface area contributed by atoms with Gasteiger partial charge in [-0.1, -0.05) is 12.1 Å². The molecule has 9 heteroatoms. The maximum Gasteiger partial charge on any atom is 0.418 e. The fourth-order valence-electron chi connectivity index (χ4n) is 4.82. The molecule has 1 unspecified atom stereocenters. The van der Waals surface area contributed by atoms with Gasteiger partial charge in [-0.3, -0.25) is 9.78 Å². The summed E-state index contributed by atoms with van der Waals surface area (Å²) in [6.07, 6.45) is 3.85. The molecule has 1 spiro atoms. The van der Waals surface area contributed by atoms with Crippen LogP contribution in [0.2, 0.25) is 0 Å². The summed E-state index contributed by atoms with van der Waals surface area (Å²) in [5, 5.41) is 0.472. The predicted octanol–water partition coefficient (Wildman–Crippen LogP) is 4.05. The number of anilines is 1. The van der Waals surface area contributed by atoms with Crippen molar-refractivity contribution in [1.29, 1.82) is 0 Å². The van der Waals surface area contributed by atoms with E-state index in [4.69, 9.17) is 4.74 Å². The van der Waals surface area contributed by atoms with Crippen LogP contribution in [0.15, 0.2) is 49.2 Å². The number of hydrogen-bond acceptors (Lipinski definition) is 5. The molecule has 2 fully saturated rings. The van der Waals surface area contributed by atoms with E-state index in [0.717, 1.165) is 6.07 Å². The molecule has 162 valence electrons. The van der Waals surface area contributed by atoms with Crippen LogP contribution in [0.3, 0.4) is 0 Å². The highest BCUT2D eigenvalue weighted by molar-refractivity contribution is 5.94. The number of para-hydroxylation sites is 1. The number of fused-ring (bicyclic) bond motifs is 1. The molecular weight excluding hydrogens is 409 g/mol. The highest BCUT2D eigenvalue weighted by Crippen LogP contribution is 2.45. The highest BCUT2D eigenvalue weighted by Gasteiger charge is 2.50. The zero-order valence-electron chi connectivity index (χ0n) is 16.7. The van der Waals surface area contributed by atoms with E-state index in [-0.39, 0.29) is 17.6 Å². The number of piperidine rings is 1. The maximum atomic E-state index is 13.4. The fraction of sp³-hybridized carbons (Fsp3) is 0.409. The van der Waals surface area contributed by atoms with Gasteiger partial charge in [-0.15, -0.1) is 0 Å². The van der Waals surface area contributed by atoms with Crippen molar-refractivity contribution in [3.05, 3.63) is 54.7 Å². The van der Waals surface area contributed by atoms with Crippen molar-refractivity contribution in [1.82, 2.24) is 14.5 Å². The van der Waals surface area contributed by atoms with E-state index >= 15 is 0 Å². The maximum absolute atomic E-state index is 13.4. The molecule has 2 aromatic heterocycles. The van der Waals surface area contributed by atoms with Gasteiger partial charge in [0.1, 0.15) is 6.10 Å². The first kappa shape index (κ1) is 19.8. The van der Waals surface area contributed by atoms with Gasteiger partial charge in [-0.05, 0) is 25.0 Å². The first-order chi connectivity index (χ1) is 14.9.